The van der Waals surface area contributed by atoms with Crippen molar-refractivity contribution in [3.63, 3.8) is 0 Å². The summed E-state index contributed by atoms with van der Waals surface area (Å²) in [6.45, 7) is 8.07. The van der Waals surface area contributed by atoms with Crippen LogP contribution in [-0.4, -0.2) is 99.0 Å². The molecule has 0 spiro atoms. The van der Waals surface area contributed by atoms with E-state index in [9.17, 15) is 19.8 Å². The number of allylic oxidation sites excluding steroid dienone is 1. The first-order valence-corrected chi connectivity index (χ1v) is 25.0. The van der Waals surface area contributed by atoms with Gasteiger partial charge in [-0.2, -0.15) is 4.31 Å². The number of aldehydes is 1. The van der Waals surface area contributed by atoms with Gasteiger partial charge in [0.05, 0.1) is 48.5 Å². The second-order valence-corrected chi connectivity index (χ2v) is 19.5. The minimum absolute atomic E-state index is 0.0273. The molecule has 1 saturated heterocycles. The number of methoxy groups -OCH3 is 1. The Morgan fingerprint density at radius 3 is 2.43 bits per heavy atom. The molecule has 7 rings (SSSR count). The second kappa shape index (κ2) is 22.8. The van der Waals surface area contributed by atoms with Crippen LogP contribution in [0.4, 0.5) is 5.69 Å². The third kappa shape index (κ3) is 11.0. The SMILES string of the molecule is C=CCO[C@@]12Oc3ccc(Oc4ccc(OC)c(C=O)c4)cc3[C@H]3[C@H](CCCCO)[C@@H](CCCCO)C=C(C(=NOC4CCCCO4)C[C@@H]1N(CCC)S(=O)(=O)c1ccc(NC(C)=O)cc1)[C@H]32. The molecule has 2 fully saturated rings. The van der Waals surface area contributed by atoms with E-state index in [1.54, 1.807) is 42.5 Å². The molecule has 3 aromatic carbocycles. The number of ether oxygens (including phenoxy) is 5. The number of anilines is 1. The van der Waals surface area contributed by atoms with Gasteiger partial charge in [0.1, 0.15) is 23.0 Å². The van der Waals surface area contributed by atoms with E-state index in [4.69, 9.17) is 33.7 Å². The van der Waals surface area contributed by atoms with Crippen LogP contribution in [0.3, 0.4) is 0 Å². The van der Waals surface area contributed by atoms with Crippen LogP contribution in [0.25, 0.3) is 0 Å². The molecule has 7 atom stereocenters. The summed E-state index contributed by atoms with van der Waals surface area (Å²) in [7, 11) is -2.80. The zero-order valence-electron chi connectivity index (χ0n) is 38.8. The van der Waals surface area contributed by atoms with Gasteiger partial charge in [-0.1, -0.05) is 37.1 Å². The number of nitrogens with zero attached hydrogens (tertiary/aromatic N) is 2. The largest absolute Gasteiger partial charge is 0.496 e. The summed E-state index contributed by atoms with van der Waals surface area (Å²) in [5.74, 6) is -1.24. The average Bonchev–Trinajstić information content (AvgIpc) is 3.33. The van der Waals surface area contributed by atoms with Crippen LogP contribution >= 0.6 is 0 Å². The number of oxime groups is 1. The Morgan fingerprint density at radius 2 is 1.76 bits per heavy atom. The van der Waals surface area contributed by atoms with E-state index in [1.165, 1.54) is 30.5 Å². The number of fused-ring (bicyclic) bond motifs is 2. The lowest BCUT2D eigenvalue weighted by Gasteiger charge is -2.59. The summed E-state index contributed by atoms with van der Waals surface area (Å²) in [6, 6.07) is 15.7. The van der Waals surface area contributed by atoms with Crippen LogP contribution in [0.15, 0.2) is 95.0 Å². The van der Waals surface area contributed by atoms with E-state index in [2.05, 4.69) is 18.0 Å². The maximum absolute atomic E-state index is 15.3. The van der Waals surface area contributed by atoms with Crippen molar-refractivity contribution < 1.29 is 56.7 Å². The number of rotatable bonds is 23. The molecule has 1 amide bonds. The van der Waals surface area contributed by atoms with Crippen LogP contribution in [0, 0.1) is 17.8 Å². The first-order chi connectivity index (χ1) is 32.5. The number of hydrogen-bond acceptors (Lipinski definition) is 13. The van der Waals surface area contributed by atoms with E-state index in [0.717, 1.165) is 36.8 Å². The summed E-state index contributed by atoms with van der Waals surface area (Å²) in [5.41, 5.74) is 3.00. The molecule has 0 radical (unpaired) electrons. The lowest BCUT2D eigenvalue weighted by atomic mass is 9.55. The van der Waals surface area contributed by atoms with Crippen LogP contribution in [0.1, 0.15) is 106 Å². The normalized spacial score (nSPS) is 25.0. The van der Waals surface area contributed by atoms with Gasteiger partial charge in [0.2, 0.25) is 28.0 Å². The summed E-state index contributed by atoms with van der Waals surface area (Å²) >= 11 is 0. The number of amides is 1. The van der Waals surface area contributed by atoms with Crippen molar-refractivity contribution in [1.82, 2.24) is 4.31 Å². The Morgan fingerprint density at radius 1 is 1.01 bits per heavy atom. The molecule has 0 aromatic heterocycles. The molecule has 3 N–H and O–H groups in total. The number of benzene rings is 3. The highest BCUT2D eigenvalue weighted by atomic mass is 32.2. The van der Waals surface area contributed by atoms with Gasteiger partial charge in [-0.15, -0.1) is 6.58 Å². The Balaban J connectivity index is 1.46. The summed E-state index contributed by atoms with van der Waals surface area (Å²) in [6.07, 6.45) is 11.2. The predicted molar refractivity (Wildman–Crippen MR) is 253 cm³/mol. The molecule has 2 aliphatic heterocycles. The van der Waals surface area contributed by atoms with Gasteiger partial charge in [0, 0.05) is 56.7 Å². The monoisotopic (exact) mass is 943 g/mol. The topological polar surface area (TPSA) is 192 Å². The molecule has 4 aliphatic rings. The van der Waals surface area contributed by atoms with Gasteiger partial charge < -0.3 is 44.1 Å². The molecule has 2 heterocycles. The van der Waals surface area contributed by atoms with Crippen molar-refractivity contribution in [2.45, 2.75) is 113 Å². The van der Waals surface area contributed by atoms with Gasteiger partial charge >= 0.3 is 0 Å². The van der Waals surface area contributed by atoms with Crippen molar-refractivity contribution in [2.75, 3.05) is 45.4 Å². The predicted octanol–water partition coefficient (Wildman–Crippen LogP) is 8.52. The maximum Gasteiger partial charge on any atom is 0.243 e. The number of sulfonamides is 1. The fraction of sp³-hybridized carbons (Fsp3) is 0.510. The molecule has 3 aromatic rings. The van der Waals surface area contributed by atoms with Gasteiger partial charge in [-0.05, 0) is 123 Å². The molecule has 1 saturated carbocycles. The van der Waals surface area contributed by atoms with Crippen LogP contribution < -0.4 is 19.5 Å². The number of carbonyl (C=O) groups is 2. The third-order valence-corrected chi connectivity index (χ3v) is 15.1. The van der Waals surface area contributed by atoms with E-state index in [-0.39, 0.29) is 61.3 Å². The number of carbonyl (C=O) groups excluding carboxylic acids is 2. The van der Waals surface area contributed by atoms with E-state index >= 15 is 8.42 Å². The molecule has 0 bridgehead atoms. The van der Waals surface area contributed by atoms with Gasteiger partial charge in [-0.25, -0.2) is 8.42 Å². The van der Waals surface area contributed by atoms with Gasteiger partial charge in [0.25, 0.3) is 0 Å². The molecule has 67 heavy (non-hydrogen) atoms. The van der Waals surface area contributed by atoms with Crippen molar-refractivity contribution >= 4 is 33.6 Å². The Labute approximate surface area is 394 Å². The molecule has 15 nitrogen and oxygen atoms in total. The van der Waals surface area contributed by atoms with Crippen molar-refractivity contribution in [2.24, 2.45) is 22.9 Å². The Hall–Kier alpha value is -5.10. The third-order valence-electron chi connectivity index (χ3n) is 13.2. The number of nitrogens with one attached hydrogen (secondary N) is 1. The molecule has 16 heteroatoms. The van der Waals surface area contributed by atoms with Crippen LogP contribution in [0.5, 0.6) is 23.0 Å². The van der Waals surface area contributed by atoms with E-state index in [0.29, 0.717) is 91.4 Å². The van der Waals surface area contributed by atoms with E-state index < -0.39 is 34.1 Å². The number of aliphatic hydroxyl groups is 2. The Bertz CT molecular complexity index is 2370. The smallest absolute Gasteiger partial charge is 0.243 e. The first-order valence-electron chi connectivity index (χ1n) is 23.6. The zero-order valence-corrected chi connectivity index (χ0v) is 39.6. The molecule has 362 valence electrons. The summed E-state index contributed by atoms with van der Waals surface area (Å²) in [4.78, 5) is 30.2. The minimum atomic E-state index is -4.30. The second-order valence-electron chi connectivity index (χ2n) is 17.6. The first kappa shape index (κ1) is 49.8. The fourth-order valence-electron chi connectivity index (χ4n) is 10.3. The maximum atomic E-state index is 15.3. The highest BCUT2D eigenvalue weighted by Crippen LogP contribution is 2.62. The lowest BCUT2D eigenvalue weighted by molar-refractivity contribution is -0.251. The minimum Gasteiger partial charge on any atom is -0.496 e. The number of hydrogen-bond donors (Lipinski definition) is 3. The average molecular weight is 944 g/mol. The van der Waals surface area contributed by atoms with Gasteiger partial charge in [-0.3, -0.25) is 9.59 Å². The molecular weight excluding hydrogens is 879 g/mol. The molecule has 1 unspecified atom stereocenters. The Kier molecular flexibility index (Phi) is 16.9. The molecular formula is C51H65N3O12S. The summed E-state index contributed by atoms with van der Waals surface area (Å²) in [5, 5.41) is 27.6. The van der Waals surface area contributed by atoms with Crippen molar-refractivity contribution in [3.05, 3.63) is 96.1 Å². The lowest BCUT2D eigenvalue weighted by Crippen LogP contribution is -2.70. The van der Waals surface area contributed by atoms with Crippen molar-refractivity contribution in [1.29, 1.82) is 0 Å². The highest BCUT2D eigenvalue weighted by Gasteiger charge is 2.66. The summed E-state index contributed by atoms with van der Waals surface area (Å²) < 4.78 is 64.3. The zero-order chi connectivity index (χ0) is 47.6. The quantitative estimate of drug-likeness (QED) is 0.0356. The number of aliphatic hydroxyl groups excluding tert-OH is 2. The highest BCUT2D eigenvalue weighted by molar-refractivity contribution is 7.89. The standard InChI is InChI=1S/C51H65N3O12S/c1-5-24-54(67(59,60)40-20-16-37(17-21-40)52-34(3)58)47-32-44(53-66-48-15-9-12-28-62-48)42-30-35(13-7-10-25-55)41(14-8-11-26-56)49-43-31-39(64-38-18-22-45(61-4)36(29-38)33-57)19-23-46(43)65-51(47,50(42)49)63-27-6-2/h6,16-23,29-31,33,35,41,47-50,55-56H,2,5,7-15,24-28,32H2,1,3-4H3,(H,52,58)/t35-,41+,47-,48?,49+,50+,51+/m0/s1. The molecule has 2 aliphatic carbocycles. The van der Waals surface area contributed by atoms with Gasteiger partial charge in [0.15, 0.2) is 6.29 Å². The van der Waals surface area contributed by atoms with Crippen molar-refractivity contribution in [3.8, 4) is 23.0 Å². The number of unbranched alkanes of at least 4 members (excludes halogenated alkanes) is 2. The van der Waals surface area contributed by atoms with Crippen LogP contribution in [-0.2, 0) is 29.1 Å². The van der Waals surface area contributed by atoms with Crippen LogP contribution in [0.2, 0.25) is 0 Å². The fourth-order valence-corrected chi connectivity index (χ4v) is 12.1. The van der Waals surface area contributed by atoms with E-state index in [1.807, 2.05) is 19.1 Å².